The summed E-state index contributed by atoms with van der Waals surface area (Å²) in [4.78, 5) is 7.13. The fourth-order valence-corrected chi connectivity index (χ4v) is 4.00. The Labute approximate surface area is 173 Å². The summed E-state index contributed by atoms with van der Waals surface area (Å²) in [5.74, 6) is 1.64. The van der Waals surface area contributed by atoms with Crippen LogP contribution in [0.2, 0.25) is 0 Å². The van der Waals surface area contributed by atoms with E-state index in [4.69, 9.17) is 4.99 Å². The number of aromatic nitrogens is 3. The molecule has 1 aromatic carbocycles. The molecule has 2 aromatic heterocycles. The van der Waals surface area contributed by atoms with E-state index in [1.54, 1.807) is 0 Å². The fourth-order valence-electron chi connectivity index (χ4n) is 3.47. The molecule has 8 heteroatoms. The quantitative estimate of drug-likeness (QED) is 0.470. The molecule has 0 saturated carbocycles. The van der Waals surface area contributed by atoms with Crippen molar-refractivity contribution in [2.45, 2.75) is 25.9 Å². The summed E-state index contributed by atoms with van der Waals surface area (Å²) < 4.78 is 3.10. The number of nitrogens with one attached hydrogen (secondary N) is 2. The Morgan fingerprint density at radius 2 is 2.07 bits per heavy atom. The molecule has 7 nitrogen and oxygen atoms in total. The van der Waals surface area contributed by atoms with E-state index in [0.717, 1.165) is 48.0 Å². The number of para-hydroxylation sites is 1. The highest BCUT2D eigenvalue weighted by atomic mass is 79.9. The van der Waals surface area contributed by atoms with Crippen LogP contribution in [0.1, 0.15) is 19.2 Å². The number of pyridine rings is 1. The molecule has 4 rings (SSSR count). The maximum atomic E-state index is 4.73. The number of fused-ring (bicyclic) bond motifs is 1. The lowest BCUT2D eigenvalue weighted by molar-refractivity contribution is 0.648. The van der Waals surface area contributed by atoms with E-state index < -0.39 is 0 Å². The highest BCUT2D eigenvalue weighted by Gasteiger charge is 2.24. The predicted octanol–water partition coefficient (Wildman–Crippen LogP) is 2.83. The van der Waals surface area contributed by atoms with Crippen LogP contribution in [0.15, 0.2) is 58.1 Å². The fraction of sp³-hybridized carbons (Fsp3) is 0.350. The van der Waals surface area contributed by atoms with Crippen LogP contribution in [-0.4, -0.2) is 46.2 Å². The molecule has 0 amide bonds. The number of nitrogens with zero attached hydrogens (tertiary/aromatic N) is 5. The van der Waals surface area contributed by atoms with Gasteiger partial charge in [0.25, 0.3) is 0 Å². The normalized spacial score (nSPS) is 17.3. The number of hydrogen-bond acceptors (Lipinski definition) is 4. The van der Waals surface area contributed by atoms with Crippen LogP contribution in [0, 0.1) is 0 Å². The highest BCUT2D eigenvalue weighted by Crippen LogP contribution is 2.28. The van der Waals surface area contributed by atoms with Crippen molar-refractivity contribution in [2.75, 3.05) is 24.5 Å². The molecule has 0 spiro atoms. The number of anilines is 1. The molecular weight excluding hydrogens is 418 g/mol. The molecule has 0 bridgehead atoms. The molecule has 28 heavy (non-hydrogen) atoms. The van der Waals surface area contributed by atoms with Gasteiger partial charge in [-0.05, 0) is 53.5 Å². The van der Waals surface area contributed by atoms with Gasteiger partial charge in [-0.2, -0.15) is 0 Å². The van der Waals surface area contributed by atoms with E-state index in [-0.39, 0.29) is 0 Å². The van der Waals surface area contributed by atoms with Gasteiger partial charge in [0.1, 0.15) is 6.54 Å². The zero-order valence-corrected chi connectivity index (χ0v) is 17.4. The van der Waals surface area contributed by atoms with Crippen LogP contribution < -0.4 is 15.5 Å². The Balaban J connectivity index is 1.42. The van der Waals surface area contributed by atoms with Crippen LogP contribution in [0.3, 0.4) is 0 Å². The van der Waals surface area contributed by atoms with Crippen molar-refractivity contribution in [3.63, 3.8) is 0 Å². The Bertz CT molecular complexity index is 968. The molecule has 1 aliphatic rings. The Kier molecular flexibility index (Phi) is 5.76. The summed E-state index contributed by atoms with van der Waals surface area (Å²) in [5.41, 5.74) is 2.08. The van der Waals surface area contributed by atoms with Crippen molar-refractivity contribution >= 4 is 33.2 Å². The lowest BCUT2D eigenvalue weighted by Crippen LogP contribution is -2.44. The average Bonchev–Trinajstić information content (AvgIpc) is 3.34. The average molecular weight is 442 g/mol. The van der Waals surface area contributed by atoms with Gasteiger partial charge in [0.15, 0.2) is 17.4 Å². The highest BCUT2D eigenvalue weighted by molar-refractivity contribution is 9.10. The summed E-state index contributed by atoms with van der Waals surface area (Å²) in [6, 6.07) is 14.6. The number of halogens is 1. The lowest BCUT2D eigenvalue weighted by Gasteiger charge is -2.21. The maximum Gasteiger partial charge on any atom is 0.191 e. The Hall–Kier alpha value is -2.61. The van der Waals surface area contributed by atoms with Crippen molar-refractivity contribution < 1.29 is 0 Å². The Morgan fingerprint density at radius 1 is 1.21 bits per heavy atom. The molecule has 146 valence electrons. The molecule has 1 aliphatic heterocycles. The van der Waals surface area contributed by atoms with Gasteiger partial charge >= 0.3 is 0 Å². The van der Waals surface area contributed by atoms with E-state index in [2.05, 4.69) is 66.8 Å². The number of rotatable bonds is 5. The van der Waals surface area contributed by atoms with Crippen LogP contribution in [0.5, 0.6) is 0 Å². The summed E-state index contributed by atoms with van der Waals surface area (Å²) >= 11 is 3.66. The third-order valence-corrected chi connectivity index (χ3v) is 5.50. The van der Waals surface area contributed by atoms with E-state index in [0.29, 0.717) is 12.6 Å². The molecule has 0 radical (unpaired) electrons. The van der Waals surface area contributed by atoms with Crippen LogP contribution >= 0.6 is 15.9 Å². The first-order valence-electron chi connectivity index (χ1n) is 9.57. The van der Waals surface area contributed by atoms with E-state index >= 15 is 0 Å². The van der Waals surface area contributed by atoms with E-state index in [1.165, 1.54) is 5.69 Å². The first-order chi connectivity index (χ1) is 13.7. The minimum atomic E-state index is 0.347. The second kappa shape index (κ2) is 8.60. The van der Waals surface area contributed by atoms with Crippen molar-refractivity contribution in [2.24, 2.45) is 4.99 Å². The van der Waals surface area contributed by atoms with Gasteiger partial charge in [-0.1, -0.05) is 18.2 Å². The minimum Gasteiger partial charge on any atom is -0.368 e. The molecule has 1 saturated heterocycles. The topological polar surface area (TPSA) is 69.8 Å². The molecular formula is C20H24BrN7. The third-order valence-electron chi connectivity index (χ3n) is 4.83. The lowest BCUT2D eigenvalue weighted by atomic mass is 10.3. The van der Waals surface area contributed by atoms with Gasteiger partial charge in [-0.3, -0.25) is 4.40 Å². The third kappa shape index (κ3) is 4.11. The van der Waals surface area contributed by atoms with Crippen molar-refractivity contribution in [3.8, 4) is 0 Å². The zero-order chi connectivity index (χ0) is 19.3. The standard InChI is InChI=1S/C20H24BrN7/c1-2-22-20(23-13-19-26-25-18-9-5-6-11-28(18)19)24-15-10-12-27(14-15)17-8-4-3-7-16(17)21/h3-9,11,15H,2,10,12-14H2,1H3,(H2,22,23,24). The molecule has 1 unspecified atom stereocenters. The van der Waals surface area contributed by atoms with Crippen molar-refractivity contribution in [1.29, 1.82) is 0 Å². The monoisotopic (exact) mass is 441 g/mol. The Morgan fingerprint density at radius 3 is 2.93 bits per heavy atom. The van der Waals surface area contributed by atoms with Gasteiger partial charge in [-0.25, -0.2) is 4.99 Å². The number of guanidine groups is 1. The SMILES string of the molecule is CCNC(=NCc1nnc2ccccn12)NC1CCN(c2ccccc2Br)C1. The van der Waals surface area contributed by atoms with Gasteiger partial charge in [0, 0.05) is 36.3 Å². The number of aliphatic imine (C=N–C) groups is 1. The van der Waals surface area contributed by atoms with Crippen LogP contribution in [0.25, 0.3) is 5.65 Å². The molecule has 1 fully saturated rings. The molecule has 2 N–H and O–H groups in total. The predicted molar refractivity (Wildman–Crippen MR) is 116 cm³/mol. The summed E-state index contributed by atoms with van der Waals surface area (Å²) in [7, 11) is 0. The molecule has 1 atom stereocenters. The van der Waals surface area contributed by atoms with Crippen LogP contribution in [-0.2, 0) is 6.54 Å². The van der Waals surface area contributed by atoms with Crippen molar-refractivity contribution in [3.05, 3.63) is 59.0 Å². The number of hydrogen-bond donors (Lipinski definition) is 2. The first kappa shape index (κ1) is 18.7. The van der Waals surface area contributed by atoms with Gasteiger partial charge in [-0.15, -0.1) is 10.2 Å². The largest absolute Gasteiger partial charge is 0.368 e. The van der Waals surface area contributed by atoms with Gasteiger partial charge in [0.05, 0.1) is 5.69 Å². The summed E-state index contributed by atoms with van der Waals surface area (Å²) in [6.45, 7) is 5.33. The zero-order valence-electron chi connectivity index (χ0n) is 15.8. The second-order valence-electron chi connectivity index (χ2n) is 6.77. The second-order valence-corrected chi connectivity index (χ2v) is 7.62. The van der Waals surface area contributed by atoms with E-state index in [9.17, 15) is 0 Å². The van der Waals surface area contributed by atoms with E-state index in [1.807, 2.05) is 34.9 Å². The van der Waals surface area contributed by atoms with Crippen molar-refractivity contribution in [1.82, 2.24) is 25.2 Å². The minimum absolute atomic E-state index is 0.347. The van der Waals surface area contributed by atoms with Gasteiger partial charge < -0.3 is 15.5 Å². The molecule has 3 heterocycles. The smallest absolute Gasteiger partial charge is 0.191 e. The maximum absolute atomic E-state index is 4.73. The van der Waals surface area contributed by atoms with Crippen LogP contribution in [0.4, 0.5) is 5.69 Å². The number of benzene rings is 1. The summed E-state index contributed by atoms with van der Waals surface area (Å²) in [5, 5.41) is 15.4. The summed E-state index contributed by atoms with van der Waals surface area (Å²) in [6.07, 6.45) is 3.03. The molecule has 0 aliphatic carbocycles. The molecule has 3 aromatic rings. The first-order valence-corrected chi connectivity index (χ1v) is 10.4. The van der Waals surface area contributed by atoms with Gasteiger partial charge in [0.2, 0.25) is 0 Å².